The highest BCUT2D eigenvalue weighted by molar-refractivity contribution is 6.48. The largest absolute Gasteiger partial charge is 0.417 e. The Kier molecular flexibility index (Phi) is 9.73. The van der Waals surface area contributed by atoms with Gasteiger partial charge in [0.25, 0.3) is 11.8 Å². The molecule has 2 aromatic carbocycles. The summed E-state index contributed by atoms with van der Waals surface area (Å²) in [5, 5.41) is -1.17. The lowest BCUT2D eigenvalue weighted by Gasteiger charge is -2.23. The Morgan fingerprint density at radius 2 is 1.54 bits per heavy atom. The summed E-state index contributed by atoms with van der Waals surface area (Å²) in [6.45, 7) is -1.73. The van der Waals surface area contributed by atoms with Crippen LogP contribution in [0.3, 0.4) is 0 Å². The third-order valence-electron chi connectivity index (χ3n) is 4.91. The number of urea groups is 1. The molecule has 0 aliphatic heterocycles. The number of carbonyl (C=O) groups excluding carboxylic acids is 2. The number of carbonyl (C=O) groups is 2. The van der Waals surface area contributed by atoms with Crippen molar-refractivity contribution in [3.8, 4) is 0 Å². The number of rotatable bonds is 6. The molecule has 2 aromatic rings. The zero-order valence-electron chi connectivity index (χ0n) is 19.1. The van der Waals surface area contributed by atoms with Gasteiger partial charge in [0.1, 0.15) is 12.4 Å². The van der Waals surface area contributed by atoms with E-state index >= 15 is 4.39 Å². The molecule has 0 bridgehead atoms. The molecule has 0 saturated carbocycles. The van der Waals surface area contributed by atoms with Gasteiger partial charge in [-0.2, -0.15) is 26.3 Å². The average Bonchev–Trinajstić information content (AvgIpc) is 2.77. The standard InChI is InChI=1S/C22H15Cl3F9N3O2/c1-20(27,28)12(10-5-14(23)17(25)15(24)6-10)7-16(26)9-2-3-11(13(4-9)22(32,33)34)18(38)36-37(19(35)39)8-21(29,30)31/h2-7,12H,8H2,1H3,(H2,35,39)(H,36,38)/b16-7-. The summed E-state index contributed by atoms with van der Waals surface area (Å²) in [5.74, 6) is -9.23. The molecule has 0 aliphatic rings. The van der Waals surface area contributed by atoms with Gasteiger partial charge in [0.05, 0.1) is 32.1 Å². The highest BCUT2D eigenvalue weighted by Gasteiger charge is 2.39. The second-order valence-corrected chi connectivity index (χ2v) is 9.18. The first-order valence-electron chi connectivity index (χ1n) is 10.2. The van der Waals surface area contributed by atoms with Crippen LogP contribution >= 0.6 is 34.8 Å². The number of hydrogen-bond donors (Lipinski definition) is 2. The quantitative estimate of drug-likeness (QED) is 0.193. The number of nitrogens with one attached hydrogen (secondary N) is 1. The molecule has 2 rings (SSSR count). The molecule has 0 fully saturated rings. The lowest BCUT2D eigenvalue weighted by atomic mass is 9.91. The van der Waals surface area contributed by atoms with Crippen LogP contribution in [-0.2, 0) is 6.18 Å². The maximum Gasteiger partial charge on any atom is 0.417 e. The van der Waals surface area contributed by atoms with Crippen LogP contribution in [0.1, 0.15) is 39.9 Å². The molecule has 214 valence electrons. The first-order chi connectivity index (χ1) is 17.6. The Labute approximate surface area is 229 Å². The number of halogens is 12. The van der Waals surface area contributed by atoms with E-state index in [4.69, 9.17) is 40.5 Å². The van der Waals surface area contributed by atoms with Crippen molar-refractivity contribution in [2.24, 2.45) is 5.73 Å². The van der Waals surface area contributed by atoms with Crippen molar-refractivity contribution >= 4 is 52.6 Å². The fourth-order valence-corrected chi connectivity index (χ4v) is 3.81. The van der Waals surface area contributed by atoms with E-state index in [1.807, 2.05) is 0 Å². The summed E-state index contributed by atoms with van der Waals surface area (Å²) in [7, 11) is 0. The van der Waals surface area contributed by atoms with Gasteiger partial charge in [-0.25, -0.2) is 23.0 Å². The monoisotopic (exact) mass is 629 g/mol. The minimum atomic E-state index is -5.38. The van der Waals surface area contributed by atoms with E-state index in [1.165, 1.54) is 5.43 Å². The van der Waals surface area contributed by atoms with Crippen LogP contribution in [0.25, 0.3) is 5.83 Å². The summed E-state index contributed by atoms with van der Waals surface area (Å²) in [6.07, 6.45) is -10.2. The molecule has 5 nitrogen and oxygen atoms in total. The van der Waals surface area contributed by atoms with Crippen LogP contribution < -0.4 is 11.2 Å². The van der Waals surface area contributed by atoms with E-state index in [1.54, 1.807) is 0 Å². The molecule has 0 heterocycles. The van der Waals surface area contributed by atoms with Gasteiger partial charge >= 0.3 is 18.4 Å². The van der Waals surface area contributed by atoms with Crippen molar-refractivity contribution in [3.05, 3.63) is 73.7 Å². The Morgan fingerprint density at radius 3 is 1.97 bits per heavy atom. The number of benzene rings is 2. The highest BCUT2D eigenvalue weighted by atomic mass is 35.5. The maximum atomic E-state index is 15.1. The lowest BCUT2D eigenvalue weighted by molar-refractivity contribution is -0.143. The highest BCUT2D eigenvalue weighted by Crippen LogP contribution is 2.42. The van der Waals surface area contributed by atoms with Crippen LogP contribution in [0.5, 0.6) is 0 Å². The molecule has 17 heteroatoms. The van der Waals surface area contributed by atoms with E-state index in [-0.39, 0.29) is 26.7 Å². The van der Waals surface area contributed by atoms with E-state index in [2.05, 4.69) is 0 Å². The van der Waals surface area contributed by atoms with E-state index in [0.717, 1.165) is 12.1 Å². The van der Waals surface area contributed by atoms with Crippen molar-refractivity contribution in [1.29, 1.82) is 0 Å². The molecule has 1 atom stereocenters. The number of nitrogens with two attached hydrogens (primary N) is 1. The van der Waals surface area contributed by atoms with Gasteiger partial charge in [-0.15, -0.1) is 0 Å². The second kappa shape index (κ2) is 11.7. The van der Waals surface area contributed by atoms with Crippen molar-refractivity contribution < 1.29 is 49.1 Å². The molecule has 0 aliphatic carbocycles. The zero-order chi connectivity index (χ0) is 30.1. The Balaban J connectivity index is 2.56. The molecule has 3 amide bonds. The van der Waals surface area contributed by atoms with Crippen LogP contribution in [0.15, 0.2) is 36.4 Å². The smallest absolute Gasteiger partial charge is 0.350 e. The first-order valence-corrected chi connectivity index (χ1v) is 11.3. The number of amides is 3. The normalized spacial score (nSPS) is 13.7. The van der Waals surface area contributed by atoms with E-state index in [0.29, 0.717) is 25.1 Å². The molecule has 0 radical (unpaired) electrons. The Morgan fingerprint density at radius 1 is 1.00 bits per heavy atom. The van der Waals surface area contributed by atoms with Crippen LogP contribution in [0.4, 0.5) is 44.3 Å². The molecular formula is C22H15Cl3F9N3O2. The van der Waals surface area contributed by atoms with Gasteiger partial charge in [0, 0.05) is 12.5 Å². The third kappa shape index (κ3) is 8.57. The second-order valence-electron chi connectivity index (χ2n) is 7.99. The lowest BCUT2D eigenvalue weighted by Crippen LogP contribution is -2.52. The summed E-state index contributed by atoms with van der Waals surface area (Å²) in [5.41, 5.74) is 1.60. The molecule has 0 spiro atoms. The SMILES string of the molecule is CC(F)(F)C(/C=C(\F)c1ccc(C(=O)NN(CC(F)(F)F)C(N)=O)c(C(F)(F)F)c1)c1cc(Cl)c(Cl)c(Cl)c1. The number of nitrogens with zero attached hydrogens (tertiary/aromatic N) is 1. The fourth-order valence-electron chi connectivity index (χ4n) is 3.19. The summed E-state index contributed by atoms with van der Waals surface area (Å²) >= 11 is 17.5. The zero-order valence-corrected chi connectivity index (χ0v) is 21.4. The van der Waals surface area contributed by atoms with Gasteiger partial charge in [-0.3, -0.25) is 10.2 Å². The number of primary amides is 1. The molecule has 0 aromatic heterocycles. The van der Waals surface area contributed by atoms with Crippen molar-refractivity contribution in [3.63, 3.8) is 0 Å². The minimum Gasteiger partial charge on any atom is -0.350 e. The molecule has 1 unspecified atom stereocenters. The molecule has 39 heavy (non-hydrogen) atoms. The molecular weight excluding hydrogens is 616 g/mol. The van der Waals surface area contributed by atoms with Crippen molar-refractivity contribution in [1.82, 2.24) is 10.4 Å². The summed E-state index contributed by atoms with van der Waals surface area (Å²) in [4.78, 5) is 23.5. The third-order valence-corrected chi connectivity index (χ3v) is 6.11. The van der Waals surface area contributed by atoms with Crippen LogP contribution in [0, 0.1) is 0 Å². The first kappa shape index (κ1) is 32.4. The topological polar surface area (TPSA) is 75.4 Å². The number of hydrazine groups is 1. The average molecular weight is 631 g/mol. The predicted molar refractivity (Wildman–Crippen MR) is 125 cm³/mol. The van der Waals surface area contributed by atoms with Gasteiger partial charge in [-0.1, -0.05) is 40.9 Å². The maximum absolute atomic E-state index is 15.1. The number of allylic oxidation sites excluding steroid dienone is 1. The van der Waals surface area contributed by atoms with Gasteiger partial charge in [-0.05, 0) is 35.9 Å². The van der Waals surface area contributed by atoms with Gasteiger partial charge in [0.15, 0.2) is 0 Å². The molecule has 0 saturated heterocycles. The Hall–Kier alpha value is -2.84. The van der Waals surface area contributed by atoms with Crippen LogP contribution in [0.2, 0.25) is 15.1 Å². The van der Waals surface area contributed by atoms with E-state index < -0.39 is 70.2 Å². The van der Waals surface area contributed by atoms with Gasteiger partial charge in [0.2, 0.25) is 0 Å². The van der Waals surface area contributed by atoms with Crippen molar-refractivity contribution in [2.45, 2.75) is 31.1 Å². The van der Waals surface area contributed by atoms with Crippen LogP contribution in [-0.4, -0.2) is 35.6 Å². The Bertz CT molecular complexity index is 1270. The van der Waals surface area contributed by atoms with Crippen molar-refractivity contribution in [2.75, 3.05) is 6.54 Å². The number of alkyl halides is 8. The fraction of sp³-hybridized carbons (Fsp3) is 0.273. The van der Waals surface area contributed by atoms with Gasteiger partial charge < -0.3 is 5.73 Å². The molecule has 3 N–H and O–H groups in total. The minimum absolute atomic E-state index is 0.0752. The van der Waals surface area contributed by atoms with E-state index in [9.17, 15) is 44.7 Å². The predicted octanol–water partition coefficient (Wildman–Crippen LogP) is 8.00. The summed E-state index contributed by atoms with van der Waals surface area (Å²) < 4.78 is 123. The number of hydrogen-bond acceptors (Lipinski definition) is 2. The summed E-state index contributed by atoms with van der Waals surface area (Å²) in [6, 6.07) is 1.12.